The maximum atomic E-state index is 11.8. The smallest absolute Gasteiger partial charge is 0.407 e. The number of aliphatic hydroxyl groups is 3. The Kier molecular flexibility index (Phi) is 7.23. The number of rotatable bonds is 4. The molecule has 0 spiro atoms. The first-order valence-corrected chi connectivity index (χ1v) is 9.71. The van der Waals surface area contributed by atoms with Crippen molar-refractivity contribution in [3.05, 3.63) is 33.8 Å². The minimum absolute atomic E-state index is 0.00709. The van der Waals surface area contributed by atoms with E-state index in [0.717, 1.165) is 0 Å². The quantitative estimate of drug-likeness (QED) is 0.578. The second-order valence-corrected chi connectivity index (χ2v) is 9.11. The molecule has 1 aromatic carbocycles. The summed E-state index contributed by atoms with van der Waals surface area (Å²) in [5, 5.41) is 40.8. The number of carboxylic acid groups (broad SMARTS) is 1. The minimum atomic E-state index is -1.98. The molecule has 1 amide bonds. The summed E-state index contributed by atoms with van der Waals surface area (Å²) in [5.41, 5.74) is -1.85. The molecule has 3 atom stereocenters. The molecule has 7 nitrogen and oxygen atoms in total. The second kappa shape index (κ2) is 8.73. The average molecular weight is 436 g/mol. The summed E-state index contributed by atoms with van der Waals surface area (Å²) < 4.78 is 6.19. The fourth-order valence-corrected chi connectivity index (χ4v) is 3.62. The van der Waals surface area contributed by atoms with E-state index in [1.807, 2.05) is 20.8 Å². The summed E-state index contributed by atoms with van der Waals surface area (Å²) in [5.74, 6) is -0.692. The van der Waals surface area contributed by atoms with Crippen molar-refractivity contribution in [1.82, 2.24) is 4.90 Å². The highest BCUT2D eigenvalue weighted by Crippen LogP contribution is 2.39. The summed E-state index contributed by atoms with van der Waals surface area (Å²) in [6.45, 7) is 4.25. The third kappa shape index (κ3) is 4.90. The van der Waals surface area contributed by atoms with Crippen LogP contribution in [0.2, 0.25) is 10.0 Å². The zero-order chi connectivity index (χ0) is 21.3. The number of carbonyl (C=O) groups is 1. The molecule has 0 aliphatic carbocycles. The topological polar surface area (TPSA) is 110 Å². The Morgan fingerprint density at radius 3 is 2.25 bits per heavy atom. The number of hydrogen-bond donors (Lipinski definition) is 4. The van der Waals surface area contributed by atoms with Crippen LogP contribution >= 0.6 is 23.2 Å². The zero-order valence-corrected chi connectivity index (χ0v) is 17.6. The summed E-state index contributed by atoms with van der Waals surface area (Å²) >= 11 is 12.1. The Balaban J connectivity index is 2.60. The molecule has 0 saturated carbocycles. The van der Waals surface area contributed by atoms with Crippen LogP contribution in [0.25, 0.3) is 0 Å². The van der Waals surface area contributed by atoms with E-state index in [1.165, 1.54) is 4.90 Å². The molecule has 1 aliphatic heterocycles. The van der Waals surface area contributed by atoms with E-state index in [1.54, 1.807) is 18.2 Å². The van der Waals surface area contributed by atoms with E-state index < -0.39 is 48.4 Å². The van der Waals surface area contributed by atoms with E-state index in [0.29, 0.717) is 10.6 Å². The van der Waals surface area contributed by atoms with Crippen LogP contribution in [-0.2, 0) is 4.74 Å². The van der Waals surface area contributed by atoms with Crippen LogP contribution < -0.4 is 0 Å². The molecule has 0 aromatic heterocycles. The molecule has 158 valence electrons. The summed E-state index contributed by atoms with van der Waals surface area (Å²) in [6, 6.07) is 4.82. The number of nitrogens with zero attached hydrogens (tertiary/aromatic N) is 1. The van der Waals surface area contributed by atoms with Crippen LogP contribution in [0.15, 0.2) is 18.2 Å². The predicted molar refractivity (Wildman–Crippen MR) is 106 cm³/mol. The number of amides is 1. The van der Waals surface area contributed by atoms with Gasteiger partial charge in [-0.25, -0.2) is 4.79 Å². The van der Waals surface area contributed by atoms with Gasteiger partial charge in [0, 0.05) is 12.5 Å². The molecular weight excluding hydrogens is 409 g/mol. The lowest BCUT2D eigenvalue weighted by Gasteiger charge is -2.40. The normalized spacial score (nSPS) is 24.1. The third-order valence-electron chi connectivity index (χ3n) is 5.17. The first-order chi connectivity index (χ1) is 12.9. The van der Waals surface area contributed by atoms with Gasteiger partial charge in [-0.1, -0.05) is 50.0 Å². The molecule has 1 fully saturated rings. The number of aliphatic hydroxyl groups excluding tert-OH is 2. The molecule has 1 unspecified atom stereocenters. The van der Waals surface area contributed by atoms with E-state index in [9.17, 15) is 25.2 Å². The highest BCUT2D eigenvalue weighted by atomic mass is 35.5. The predicted octanol–water partition coefficient (Wildman–Crippen LogP) is 2.59. The second-order valence-electron chi connectivity index (χ2n) is 8.30. The number of ether oxygens (including phenoxy) is 1. The maximum absolute atomic E-state index is 11.8. The molecule has 4 N–H and O–H groups in total. The van der Waals surface area contributed by atoms with Gasteiger partial charge < -0.3 is 30.1 Å². The van der Waals surface area contributed by atoms with Gasteiger partial charge in [0.2, 0.25) is 0 Å². The van der Waals surface area contributed by atoms with Crippen molar-refractivity contribution < 1.29 is 30.0 Å². The molecule has 0 bridgehead atoms. The number of halogens is 2. The summed E-state index contributed by atoms with van der Waals surface area (Å²) in [6.07, 6.45) is -2.78. The van der Waals surface area contributed by atoms with Crippen LogP contribution in [0.3, 0.4) is 0 Å². The van der Waals surface area contributed by atoms with Crippen LogP contribution in [0.4, 0.5) is 4.79 Å². The minimum Gasteiger partial charge on any atom is -0.465 e. The lowest BCUT2D eigenvalue weighted by atomic mass is 9.82. The Morgan fingerprint density at radius 2 is 1.79 bits per heavy atom. The molecule has 1 aromatic rings. The van der Waals surface area contributed by atoms with Gasteiger partial charge in [-0.05, 0) is 23.1 Å². The van der Waals surface area contributed by atoms with Gasteiger partial charge in [0.25, 0.3) is 0 Å². The molecule has 0 radical (unpaired) electrons. The van der Waals surface area contributed by atoms with E-state index in [2.05, 4.69) is 0 Å². The fourth-order valence-electron chi connectivity index (χ4n) is 3.31. The van der Waals surface area contributed by atoms with Crippen molar-refractivity contribution in [3.8, 4) is 0 Å². The van der Waals surface area contributed by atoms with Crippen molar-refractivity contribution in [1.29, 1.82) is 0 Å². The van der Waals surface area contributed by atoms with Crippen LogP contribution in [-0.4, -0.2) is 75.5 Å². The third-order valence-corrected chi connectivity index (χ3v) is 5.90. The lowest BCUT2D eigenvalue weighted by molar-refractivity contribution is -0.186. The van der Waals surface area contributed by atoms with E-state index in [-0.39, 0.29) is 18.1 Å². The monoisotopic (exact) mass is 435 g/mol. The first kappa shape index (κ1) is 23.2. The van der Waals surface area contributed by atoms with Gasteiger partial charge in [-0.15, -0.1) is 0 Å². The average Bonchev–Trinajstić information content (AvgIpc) is 2.84. The lowest BCUT2D eigenvalue weighted by Crippen LogP contribution is -2.55. The molecule has 1 saturated heterocycles. The maximum Gasteiger partial charge on any atom is 0.407 e. The standard InChI is InChI=1S/C19H27Cl2NO6/c1-18(2,3)15-8-22(17(25)26)7-12(11-4-5-13(20)14(21)6-11)16(28-15)19(27,9-23)10-24/h4-6,12,15-16,23-24,27H,7-10H2,1-3H3,(H,25,26)/t12-,15?,16+/m0/s1. The highest BCUT2D eigenvalue weighted by Gasteiger charge is 2.48. The van der Waals surface area contributed by atoms with Crippen molar-refractivity contribution >= 4 is 29.3 Å². The van der Waals surface area contributed by atoms with Crippen molar-refractivity contribution in [2.75, 3.05) is 26.3 Å². The van der Waals surface area contributed by atoms with Crippen molar-refractivity contribution in [3.63, 3.8) is 0 Å². The Bertz CT molecular complexity index is 704. The Labute approximate surface area is 174 Å². The largest absolute Gasteiger partial charge is 0.465 e. The van der Waals surface area contributed by atoms with Gasteiger partial charge in [0.15, 0.2) is 0 Å². The van der Waals surface area contributed by atoms with Crippen LogP contribution in [0, 0.1) is 5.41 Å². The Hall–Kier alpha value is -1.09. The molecule has 9 heteroatoms. The fraction of sp³-hybridized carbons (Fsp3) is 0.632. The van der Waals surface area contributed by atoms with Gasteiger partial charge in [-0.2, -0.15) is 0 Å². The SMILES string of the molecule is CC(C)(C)C1CN(C(=O)O)C[C@@H](c2ccc(Cl)c(Cl)c2)[C@H](C(O)(CO)CO)O1. The molecule has 2 rings (SSSR count). The summed E-state index contributed by atoms with van der Waals surface area (Å²) in [4.78, 5) is 13.1. The molecule has 1 aliphatic rings. The van der Waals surface area contributed by atoms with Gasteiger partial charge in [0.05, 0.1) is 42.0 Å². The van der Waals surface area contributed by atoms with Gasteiger partial charge in [-0.3, -0.25) is 0 Å². The van der Waals surface area contributed by atoms with Crippen LogP contribution in [0.1, 0.15) is 32.3 Å². The Morgan fingerprint density at radius 1 is 1.18 bits per heavy atom. The van der Waals surface area contributed by atoms with E-state index >= 15 is 0 Å². The van der Waals surface area contributed by atoms with Crippen molar-refractivity contribution in [2.45, 2.75) is 44.5 Å². The summed E-state index contributed by atoms with van der Waals surface area (Å²) in [7, 11) is 0. The van der Waals surface area contributed by atoms with Gasteiger partial charge >= 0.3 is 6.09 Å². The zero-order valence-electron chi connectivity index (χ0n) is 16.1. The van der Waals surface area contributed by atoms with Crippen LogP contribution in [0.5, 0.6) is 0 Å². The molecule has 28 heavy (non-hydrogen) atoms. The van der Waals surface area contributed by atoms with Crippen molar-refractivity contribution in [2.24, 2.45) is 5.41 Å². The number of benzene rings is 1. The molecule has 1 heterocycles. The highest BCUT2D eigenvalue weighted by molar-refractivity contribution is 6.42. The first-order valence-electron chi connectivity index (χ1n) is 8.95. The van der Waals surface area contributed by atoms with E-state index in [4.69, 9.17) is 27.9 Å². The van der Waals surface area contributed by atoms with Gasteiger partial charge in [0.1, 0.15) is 5.60 Å². The molecular formula is C19H27Cl2NO6. The number of hydrogen-bond acceptors (Lipinski definition) is 5.